The first-order valence-corrected chi connectivity index (χ1v) is 7.03. The molecule has 0 spiro atoms. The Morgan fingerprint density at radius 3 is 2.40 bits per heavy atom. The minimum absolute atomic E-state index is 0.0133. The van der Waals surface area contributed by atoms with Crippen LogP contribution in [-0.4, -0.2) is 32.3 Å². The van der Waals surface area contributed by atoms with Gasteiger partial charge in [-0.15, -0.1) is 0 Å². The highest BCUT2D eigenvalue weighted by molar-refractivity contribution is 5.90. The van der Waals surface area contributed by atoms with Gasteiger partial charge in [0.05, 0.1) is 13.2 Å². The van der Waals surface area contributed by atoms with Crippen molar-refractivity contribution in [3.63, 3.8) is 0 Å². The number of hydrogen-bond donors (Lipinski definition) is 2. The summed E-state index contributed by atoms with van der Waals surface area (Å²) >= 11 is 0. The normalized spacial score (nSPS) is 10.4. The molecule has 0 fully saturated rings. The summed E-state index contributed by atoms with van der Waals surface area (Å²) in [6, 6.07) is 7.09. The lowest BCUT2D eigenvalue weighted by atomic mass is 10.2. The number of carbonyl (C=O) groups excluding carboxylic acids is 1. The van der Waals surface area contributed by atoms with Crippen molar-refractivity contribution in [2.45, 2.75) is 26.2 Å². The lowest BCUT2D eigenvalue weighted by Crippen LogP contribution is -2.13. The molecule has 0 radical (unpaired) electrons. The van der Waals surface area contributed by atoms with Crippen molar-refractivity contribution in [3.05, 3.63) is 24.3 Å². The van der Waals surface area contributed by atoms with Gasteiger partial charge in [-0.2, -0.15) is 0 Å². The van der Waals surface area contributed by atoms with E-state index < -0.39 is 0 Å². The average Bonchev–Trinajstić information content (AvgIpc) is 2.44. The molecular formula is C15H24N2O3. The largest absolute Gasteiger partial charge is 0.399 e. The predicted molar refractivity (Wildman–Crippen MR) is 80.6 cm³/mol. The summed E-state index contributed by atoms with van der Waals surface area (Å²) in [5.74, 6) is -0.0133. The standard InChI is InChI=1S/C15H24N2O3/c1-2-9-19-11-12-20-10-3-4-15(18)17-14-7-5-13(16)6-8-14/h5-8H,2-4,9-12,16H2,1H3,(H,17,18). The van der Waals surface area contributed by atoms with Gasteiger partial charge in [0, 0.05) is 31.0 Å². The first-order valence-electron chi connectivity index (χ1n) is 7.03. The molecule has 112 valence electrons. The van der Waals surface area contributed by atoms with E-state index in [4.69, 9.17) is 15.2 Å². The van der Waals surface area contributed by atoms with Crippen LogP contribution in [0.3, 0.4) is 0 Å². The molecule has 0 heterocycles. The molecule has 0 aromatic heterocycles. The molecule has 0 aliphatic carbocycles. The number of hydrogen-bond acceptors (Lipinski definition) is 4. The van der Waals surface area contributed by atoms with Crippen LogP contribution >= 0.6 is 0 Å². The van der Waals surface area contributed by atoms with Crippen LogP contribution in [-0.2, 0) is 14.3 Å². The van der Waals surface area contributed by atoms with Crippen molar-refractivity contribution < 1.29 is 14.3 Å². The quantitative estimate of drug-likeness (QED) is 0.510. The van der Waals surface area contributed by atoms with Crippen LogP contribution in [0.5, 0.6) is 0 Å². The lowest BCUT2D eigenvalue weighted by Gasteiger charge is -2.06. The van der Waals surface area contributed by atoms with Crippen molar-refractivity contribution in [1.29, 1.82) is 0 Å². The molecule has 0 saturated carbocycles. The Balaban J connectivity index is 2.01. The smallest absolute Gasteiger partial charge is 0.224 e. The van der Waals surface area contributed by atoms with Gasteiger partial charge in [0.25, 0.3) is 0 Å². The van der Waals surface area contributed by atoms with E-state index in [9.17, 15) is 4.79 Å². The van der Waals surface area contributed by atoms with Gasteiger partial charge >= 0.3 is 0 Å². The van der Waals surface area contributed by atoms with Gasteiger partial charge in [-0.3, -0.25) is 4.79 Å². The number of carbonyl (C=O) groups is 1. The van der Waals surface area contributed by atoms with Gasteiger partial charge < -0.3 is 20.5 Å². The van der Waals surface area contributed by atoms with Crippen LogP contribution in [0.25, 0.3) is 0 Å². The first-order chi connectivity index (χ1) is 9.72. The lowest BCUT2D eigenvalue weighted by molar-refractivity contribution is -0.116. The topological polar surface area (TPSA) is 73.6 Å². The number of benzene rings is 1. The first kappa shape index (κ1) is 16.5. The molecule has 1 aromatic carbocycles. The molecule has 1 aromatic rings. The van der Waals surface area contributed by atoms with E-state index in [0.29, 0.717) is 38.3 Å². The third-order valence-electron chi connectivity index (χ3n) is 2.61. The maximum absolute atomic E-state index is 11.6. The Bertz CT molecular complexity index is 379. The second-order valence-corrected chi connectivity index (χ2v) is 4.50. The van der Waals surface area contributed by atoms with E-state index in [-0.39, 0.29) is 5.91 Å². The monoisotopic (exact) mass is 280 g/mol. The fourth-order valence-electron chi connectivity index (χ4n) is 1.59. The average molecular weight is 280 g/mol. The molecule has 20 heavy (non-hydrogen) atoms. The number of rotatable bonds is 10. The molecule has 0 aliphatic heterocycles. The minimum Gasteiger partial charge on any atom is -0.399 e. The summed E-state index contributed by atoms with van der Waals surface area (Å²) in [6.45, 7) is 4.61. The number of ether oxygens (including phenoxy) is 2. The summed E-state index contributed by atoms with van der Waals surface area (Å²) in [7, 11) is 0. The highest BCUT2D eigenvalue weighted by Crippen LogP contribution is 2.10. The molecule has 0 atom stereocenters. The van der Waals surface area contributed by atoms with E-state index in [1.165, 1.54) is 0 Å². The highest BCUT2D eigenvalue weighted by atomic mass is 16.5. The maximum atomic E-state index is 11.6. The molecule has 0 bridgehead atoms. The molecular weight excluding hydrogens is 256 g/mol. The zero-order chi connectivity index (χ0) is 14.6. The SMILES string of the molecule is CCCOCCOCCCC(=O)Nc1ccc(N)cc1. The Morgan fingerprint density at radius 2 is 1.75 bits per heavy atom. The van der Waals surface area contributed by atoms with Crippen molar-refractivity contribution in [1.82, 2.24) is 0 Å². The van der Waals surface area contributed by atoms with Crippen LogP contribution in [0.2, 0.25) is 0 Å². The predicted octanol–water partition coefficient (Wildman–Crippen LogP) is 2.43. The van der Waals surface area contributed by atoms with Gasteiger partial charge in [0.2, 0.25) is 5.91 Å². The van der Waals surface area contributed by atoms with Crippen LogP contribution in [0.15, 0.2) is 24.3 Å². The van der Waals surface area contributed by atoms with E-state index >= 15 is 0 Å². The number of anilines is 2. The second-order valence-electron chi connectivity index (χ2n) is 4.50. The summed E-state index contributed by atoms with van der Waals surface area (Å²) in [5, 5.41) is 2.81. The van der Waals surface area contributed by atoms with Gasteiger partial charge in [-0.05, 0) is 37.1 Å². The number of nitrogens with two attached hydrogens (primary N) is 1. The summed E-state index contributed by atoms with van der Waals surface area (Å²) in [6.07, 6.45) is 2.17. The van der Waals surface area contributed by atoms with Crippen LogP contribution < -0.4 is 11.1 Å². The maximum Gasteiger partial charge on any atom is 0.224 e. The van der Waals surface area contributed by atoms with Crippen molar-refractivity contribution in [2.24, 2.45) is 0 Å². The Labute approximate surface area is 120 Å². The zero-order valence-electron chi connectivity index (χ0n) is 12.1. The van der Waals surface area contributed by atoms with E-state index in [1.54, 1.807) is 24.3 Å². The van der Waals surface area contributed by atoms with Gasteiger partial charge in [0.1, 0.15) is 0 Å². The fraction of sp³-hybridized carbons (Fsp3) is 0.533. The van der Waals surface area contributed by atoms with E-state index in [2.05, 4.69) is 12.2 Å². The second kappa shape index (κ2) is 10.2. The van der Waals surface area contributed by atoms with Crippen molar-refractivity contribution in [3.8, 4) is 0 Å². The number of nitrogens with one attached hydrogen (secondary N) is 1. The molecule has 5 heteroatoms. The number of amides is 1. The van der Waals surface area contributed by atoms with Crippen LogP contribution in [0.1, 0.15) is 26.2 Å². The molecule has 1 amide bonds. The Kier molecular flexibility index (Phi) is 8.42. The summed E-state index contributed by atoms with van der Waals surface area (Å²) < 4.78 is 10.7. The molecule has 0 aliphatic rings. The van der Waals surface area contributed by atoms with Crippen molar-refractivity contribution >= 4 is 17.3 Å². The van der Waals surface area contributed by atoms with Crippen LogP contribution in [0, 0.1) is 0 Å². The van der Waals surface area contributed by atoms with Crippen LogP contribution in [0.4, 0.5) is 11.4 Å². The molecule has 0 saturated heterocycles. The van der Waals surface area contributed by atoms with E-state index in [1.807, 2.05) is 0 Å². The zero-order valence-corrected chi connectivity index (χ0v) is 12.1. The fourth-order valence-corrected chi connectivity index (χ4v) is 1.59. The Hall–Kier alpha value is -1.59. The van der Waals surface area contributed by atoms with Gasteiger partial charge in [-0.25, -0.2) is 0 Å². The minimum atomic E-state index is -0.0133. The molecule has 0 unspecified atom stereocenters. The van der Waals surface area contributed by atoms with Gasteiger partial charge in [0.15, 0.2) is 0 Å². The highest BCUT2D eigenvalue weighted by Gasteiger charge is 2.02. The number of nitrogen functional groups attached to an aromatic ring is 1. The molecule has 3 N–H and O–H groups in total. The summed E-state index contributed by atoms with van der Waals surface area (Å²) in [5.41, 5.74) is 7.02. The molecule has 1 rings (SSSR count). The third kappa shape index (κ3) is 7.76. The summed E-state index contributed by atoms with van der Waals surface area (Å²) in [4.78, 5) is 11.6. The Morgan fingerprint density at radius 1 is 1.10 bits per heavy atom. The van der Waals surface area contributed by atoms with E-state index in [0.717, 1.165) is 18.7 Å². The third-order valence-corrected chi connectivity index (χ3v) is 2.61. The molecule has 5 nitrogen and oxygen atoms in total. The van der Waals surface area contributed by atoms with Crippen molar-refractivity contribution in [2.75, 3.05) is 37.5 Å². The van der Waals surface area contributed by atoms with Gasteiger partial charge in [-0.1, -0.05) is 6.92 Å².